The topological polar surface area (TPSA) is 44.5 Å². The summed E-state index contributed by atoms with van der Waals surface area (Å²) in [5, 5.41) is 1.51. The Kier molecular flexibility index (Phi) is 10.7. The molecule has 4 aromatic carbocycles. The van der Waals surface area contributed by atoms with Crippen molar-refractivity contribution in [3.63, 3.8) is 0 Å². The van der Waals surface area contributed by atoms with Gasteiger partial charge in [-0.25, -0.2) is 0 Å². The molecule has 0 aromatic heterocycles. The van der Waals surface area contributed by atoms with Crippen LogP contribution in [0.2, 0.25) is 0 Å². The van der Waals surface area contributed by atoms with Crippen molar-refractivity contribution in [1.29, 1.82) is 0 Å². The number of methoxy groups -OCH3 is 2. The molecule has 235 valence electrons. The van der Waals surface area contributed by atoms with Crippen LogP contribution in [0.25, 0.3) is 22.3 Å². The maximum atomic E-state index is 7.90. The van der Waals surface area contributed by atoms with Crippen LogP contribution in [0.3, 0.4) is 0 Å². The van der Waals surface area contributed by atoms with Crippen LogP contribution in [-0.2, 0) is 15.7 Å². The van der Waals surface area contributed by atoms with Gasteiger partial charge in [0.05, 0.1) is 0 Å². The SMILES string of the molecule is COc1cccc(OC)c1-c1ccc[c]([Pd]([Cl])[c]2ccccc2-c2ccccc2N)c1P(C1CCCCC1)C1CCCCC1. The van der Waals surface area contributed by atoms with E-state index in [-0.39, 0.29) is 0 Å². The third-order valence-corrected chi connectivity index (χ3v) is 17.5. The molecule has 0 amide bonds. The van der Waals surface area contributed by atoms with Gasteiger partial charge in [0.1, 0.15) is 0 Å². The van der Waals surface area contributed by atoms with Crippen LogP contribution in [0.5, 0.6) is 11.5 Å². The zero-order valence-corrected chi connectivity index (χ0v) is 29.0. The second-order valence-electron chi connectivity index (χ2n) is 11.9. The van der Waals surface area contributed by atoms with Gasteiger partial charge in [-0.3, -0.25) is 0 Å². The Bertz CT molecular complexity index is 1530. The van der Waals surface area contributed by atoms with E-state index in [0.29, 0.717) is 0 Å². The van der Waals surface area contributed by atoms with E-state index < -0.39 is 23.7 Å². The standard InChI is InChI=1S/C26H34O2P.C12H10N.ClH.Pd/c1-27-23-17-11-18-24(28-2)26(23)22-16-9-10-19-25(22)29(20-12-5-3-6-13-20)21-14-7-4-8-15-21;13-12-9-5-4-8-11(12)10-6-2-1-3-7-10;;/h9-11,16-18,20-21H,3-8,12-15H2,1-2H3;1-6,8-9H,13H2;1H;/q;;;+1/p-1. The summed E-state index contributed by atoms with van der Waals surface area (Å²) in [6.07, 6.45) is 13.3. The third kappa shape index (κ3) is 6.48. The molecule has 2 aliphatic carbocycles. The second-order valence-corrected chi connectivity index (χ2v) is 18.7. The van der Waals surface area contributed by atoms with Crippen molar-refractivity contribution in [2.24, 2.45) is 0 Å². The van der Waals surface area contributed by atoms with Gasteiger partial charge >= 0.3 is 276 Å². The molecule has 2 aliphatic rings. The quantitative estimate of drug-likeness (QED) is 0.107. The fourth-order valence-electron chi connectivity index (χ4n) is 7.18. The molecule has 2 fully saturated rings. The summed E-state index contributed by atoms with van der Waals surface area (Å²) in [7, 11) is 11.0. The first kappa shape index (κ1) is 31.6. The molecule has 0 spiro atoms. The van der Waals surface area contributed by atoms with Gasteiger partial charge in [0.15, 0.2) is 0 Å². The van der Waals surface area contributed by atoms with Crippen LogP contribution in [0, 0.1) is 0 Å². The Balaban J connectivity index is 1.61. The predicted molar refractivity (Wildman–Crippen MR) is 187 cm³/mol. The Morgan fingerprint density at radius 1 is 0.614 bits per heavy atom. The van der Waals surface area contributed by atoms with Crippen LogP contribution < -0.4 is 28.6 Å². The molecule has 0 bridgehead atoms. The van der Waals surface area contributed by atoms with Crippen LogP contribution in [0.15, 0.2) is 84.9 Å². The van der Waals surface area contributed by atoms with E-state index in [4.69, 9.17) is 24.7 Å². The Morgan fingerprint density at radius 3 is 1.70 bits per heavy atom. The maximum absolute atomic E-state index is 7.90. The summed E-state index contributed by atoms with van der Waals surface area (Å²) in [4.78, 5) is 0. The molecule has 2 N–H and O–H groups in total. The van der Waals surface area contributed by atoms with Crippen molar-refractivity contribution >= 4 is 36.5 Å². The normalized spacial score (nSPS) is 16.6. The fourth-order valence-corrected chi connectivity index (χ4v) is 16.0. The minimum absolute atomic E-state index is 0.476. The molecule has 0 unspecified atom stereocenters. The van der Waals surface area contributed by atoms with Gasteiger partial charge in [0.25, 0.3) is 0 Å². The van der Waals surface area contributed by atoms with Crippen molar-refractivity contribution in [3.05, 3.63) is 84.9 Å². The summed E-state index contributed by atoms with van der Waals surface area (Å²) in [6, 6.07) is 29.9. The van der Waals surface area contributed by atoms with E-state index >= 15 is 0 Å². The molecule has 2 saturated carbocycles. The summed E-state index contributed by atoms with van der Waals surface area (Å²) < 4.78 is 14.6. The summed E-state index contributed by atoms with van der Waals surface area (Å²) in [5.41, 5.74) is 13.3. The second kappa shape index (κ2) is 14.8. The van der Waals surface area contributed by atoms with Crippen LogP contribution in [0.1, 0.15) is 64.2 Å². The van der Waals surface area contributed by atoms with Crippen molar-refractivity contribution in [1.82, 2.24) is 0 Å². The number of hydrogen-bond donors (Lipinski definition) is 1. The molecule has 0 atom stereocenters. The number of rotatable bonds is 9. The molecular formula is C38H44ClNO2PPd. The predicted octanol–water partition coefficient (Wildman–Crippen LogP) is 9.12. The van der Waals surface area contributed by atoms with E-state index in [2.05, 4.69) is 66.7 Å². The van der Waals surface area contributed by atoms with Crippen molar-refractivity contribution in [3.8, 4) is 33.8 Å². The summed E-state index contributed by atoms with van der Waals surface area (Å²) in [6.45, 7) is 0. The van der Waals surface area contributed by atoms with Crippen LogP contribution in [-0.4, -0.2) is 25.5 Å². The minimum atomic E-state index is -1.90. The number of nitrogen functional groups attached to an aromatic ring is 1. The van der Waals surface area contributed by atoms with Crippen LogP contribution >= 0.6 is 17.5 Å². The zero-order valence-electron chi connectivity index (χ0n) is 25.8. The molecule has 0 heterocycles. The van der Waals surface area contributed by atoms with E-state index in [0.717, 1.165) is 45.2 Å². The number of halogens is 1. The number of hydrogen-bond acceptors (Lipinski definition) is 3. The average molecular weight is 720 g/mol. The van der Waals surface area contributed by atoms with Gasteiger partial charge in [0, 0.05) is 0 Å². The Labute approximate surface area is 274 Å². The molecule has 0 radical (unpaired) electrons. The first-order valence-corrected chi connectivity index (χ1v) is 21.0. The number of para-hydroxylation sites is 1. The molecule has 6 heteroatoms. The third-order valence-electron chi connectivity index (χ3n) is 9.25. The Morgan fingerprint density at radius 2 is 1.11 bits per heavy atom. The number of anilines is 1. The molecule has 0 aliphatic heterocycles. The van der Waals surface area contributed by atoms with Gasteiger partial charge in [-0.2, -0.15) is 0 Å². The summed E-state index contributed by atoms with van der Waals surface area (Å²) >= 11 is -1.90. The first-order chi connectivity index (χ1) is 21.6. The fraction of sp³-hybridized carbons (Fsp3) is 0.368. The molecule has 4 aromatic rings. The molecule has 3 nitrogen and oxygen atoms in total. The van der Waals surface area contributed by atoms with Gasteiger partial charge in [-0.1, -0.05) is 0 Å². The number of nitrogens with two attached hydrogens (primary N) is 1. The number of benzene rings is 4. The monoisotopic (exact) mass is 718 g/mol. The van der Waals surface area contributed by atoms with Crippen molar-refractivity contribution < 1.29 is 25.2 Å². The average Bonchev–Trinajstić information content (AvgIpc) is 3.09. The van der Waals surface area contributed by atoms with Gasteiger partial charge in [-0.15, -0.1) is 0 Å². The van der Waals surface area contributed by atoms with E-state index in [9.17, 15) is 0 Å². The van der Waals surface area contributed by atoms with Crippen LogP contribution in [0.4, 0.5) is 5.69 Å². The number of ether oxygens (including phenoxy) is 2. The van der Waals surface area contributed by atoms with E-state index in [1.54, 1.807) is 14.2 Å². The van der Waals surface area contributed by atoms with E-state index in [1.165, 1.54) is 83.1 Å². The molecule has 44 heavy (non-hydrogen) atoms. The van der Waals surface area contributed by atoms with Gasteiger partial charge < -0.3 is 0 Å². The molecular weight excluding hydrogens is 675 g/mol. The van der Waals surface area contributed by atoms with Crippen molar-refractivity contribution in [2.75, 3.05) is 20.0 Å². The van der Waals surface area contributed by atoms with Gasteiger partial charge in [-0.05, 0) is 0 Å². The van der Waals surface area contributed by atoms with Gasteiger partial charge in [0.2, 0.25) is 0 Å². The zero-order chi connectivity index (χ0) is 30.5. The van der Waals surface area contributed by atoms with E-state index in [1.807, 2.05) is 18.2 Å². The Hall–Kier alpha value is -2.34. The summed E-state index contributed by atoms with van der Waals surface area (Å²) in [5.74, 6) is 1.71. The van der Waals surface area contributed by atoms with Crippen molar-refractivity contribution in [2.45, 2.75) is 75.5 Å². The first-order valence-electron chi connectivity index (χ1n) is 16.0. The molecule has 0 saturated heterocycles. The molecule has 6 rings (SSSR count).